The van der Waals surface area contributed by atoms with Gasteiger partial charge in [-0.1, -0.05) is 50.6 Å². The van der Waals surface area contributed by atoms with E-state index in [-0.39, 0.29) is 5.41 Å². The van der Waals surface area contributed by atoms with Gasteiger partial charge in [-0.25, -0.2) is 0 Å². The number of benzene rings is 1. The fourth-order valence-electron chi connectivity index (χ4n) is 1.28. The van der Waals surface area contributed by atoms with Crippen LogP contribution in [0.15, 0.2) is 24.3 Å². The molecule has 0 saturated heterocycles. The maximum atomic E-state index is 11.7. The van der Waals surface area contributed by atoms with E-state index in [1.54, 1.807) is 11.8 Å². The SMILES string of the molecule is Cc1cccc(CSCC(=O)C(C)(C)C)c1. The van der Waals surface area contributed by atoms with Crippen LogP contribution in [0.1, 0.15) is 31.9 Å². The van der Waals surface area contributed by atoms with E-state index >= 15 is 0 Å². The van der Waals surface area contributed by atoms with Gasteiger partial charge >= 0.3 is 0 Å². The van der Waals surface area contributed by atoms with E-state index in [2.05, 4.69) is 31.2 Å². The van der Waals surface area contributed by atoms with E-state index in [0.717, 1.165) is 5.75 Å². The van der Waals surface area contributed by atoms with Crippen molar-refractivity contribution >= 4 is 17.5 Å². The molecule has 0 heterocycles. The molecule has 0 bridgehead atoms. The number of Topliss-reactive ketones (excluding diaryl/α,β-unsaturated/α-hetero) is 1. The molecular weight excluding hydrogens is 216 g/mol. The van der Waals surface area contributed by atoms with Gasteiger partial charge in [0.15, 0.2) is 0 Å². The van der Waals surface area contributed by atoms with Gasteiger partial charge in [-0.3, -0.25) is 4.79 Å². The minimum atomic E-state index is -0.209. The Hall–Kier alpha value is -0.760. The van der Waals surface area contributed by atoms with Crippen molar-refractivity contribution in [1.82, 2.24) is 0 Å². The van der Waals surface area contributed by atoms with Crippen LogP contribution in [0.3, 0.4) is 0 Å². The molecule has 0 aliphatic rings. The summed E-state index contributed by atoms with van der Waals surface area (Å²) in [4.78, 5) is 11.7. The van der Waals surface area contributed by atoms with Gasteiger partial charge in [0.25, 0.3) is 0 Å². The first-order valence-corrected chi connectivity index (χ1v) is 6.71. The zero-order valence-electron chi connectivity index (χ0n) is 10.5. The van der Waals surface area contributed by atoms with Crippen LogP contribution in [0, 0.1) is 12.3 Å². The van der Waals surface area contributed by atoms with Crippen LogP contribution in [0.2, 0.25) is 0 Å². The van der Waals surface area contributed by atoms with Gasteiger partial charge in [0.1, 0.15) is 5.78 Å². The van der Waals surface area contributed by atoms with E-state index in [9.17, 15) is 4.79 Å². The number of thioether (sulfide) groups is 1. The number of rotatable bonds is 4. The van der Waals surface area contributed by atoms with E-state index in [0.29, 0.717) is 11.5 Å². The first-order valence-electron chi connectivity index (χ1n) is 5.56. The van der Waals surface area contributed by atoms with Crippen molar-refractivity contribution < 1.29 is 4.79 Å². The highest BCUT2D eigenvalue weighted by Crippen LogP contribution is 2.20. The Morgan fingerprint density at radius 3 is 2.56 bits per heavy atom. The van der Waals surface area contributed by atoms with E-state index in [4.69, 9.17) is 0 Å². The summed E-state index contributed by atoms with van der Waals surface area (Å²) >= 11 is 1.70. The average molecular weight is 236 g/mol. The van der Waals surface area contributed by atoms with Gasteiger partial charge in [0, 0.05) is 11.2 Å². The van der Waals surface area contributed by atoms with Crippen LogP contribution < -0.4 is 0 Å². The van der Waals surface area contributed by atoms with E-state index in [1.807, 2.05) is 20.8 Å². The normalized spacial score (nSPS) is 11.5. The van der Waals surface area contributed by atoms with Crippen LogP contribution in [-0.2, 0) is 10.5 Å². The van der Waals surface area contributed by atoms with Crippen molar-refractivity contribution in [2.45, 2.75) is 33.4 Å². The Morgan fingerprint density at radius 1 is 1.31 bits per heavy atom. The fraction of sp³-hybridized carbons (Fsp3) is 0.500. The molecule has 0 fully saturated rings. The third-order valence-electron chi connectivity index (χ3n) is 2.42. The molecule has 16 heavy (non-hydrogen) atoms. The zero-order valence-corrected chi connectivity index (χ0v) is 11.4. The topological polar surface area (TPSA) is 17.1 Å². The highest BCUT2D eigenvalue weighted by molar-refractivity contribution is 7.99. The standard InChI is InChI=1S/C14H20OS/c1-11-6-5-7-12(8-11)9-16-10-13(15)14(2,3)4/h5-8H,9-10H2,1-4H3. The minimum Gasteiger partial charge on any atom is -0.298 e. The number of hydrogen-bond donors (Lipinski definition) is 0. The molecule has 0 radical (unpaired) electrons. The average Bonchev–Trinajstić information content (AvgIpc) is 2.16. The predicted molar refractivity (Wildman–Crippen MR) is 71.8 cm³/mol. The van der Waals surface area contributed by atoms with Crippen LogP contribution in [0.4, 0.5) is 0 Å². The lowest BCUT2D eigenvalue weighted by atomic mass is 9.92. The number of aryl methyl sites for hydroxylation is 1. The molecule has 1 rings (SSSR count). The summed E-state index contributed by atoms with van der Waals surface area (Å²) in [5.41, 5.74) is 2.37. The van der Waals surface area contributed by atoms with Gasteiger partial charge < -0.3 is 0 Å². The van der Waals surface area contributed by atoms with Crippen molar-refractivity contribution in [2.24, 2.45) is 5.41 Å². The van der Waals surface area contributed by atoms with Gasteiger partial charge in [-0.2, -0.15) is 0 Å². The Morgan fingerprint density at radius 2 is 2.00 bits per heavy atom. The second-order valence-electron chi connectivity index (χ2n) is 5.16. The molecule has 0 unspecified atom stereocenters. The molecule has 88 valence electrons. The van der Waals surface area contributed by atoms with Crippen molar-refractivity contribution in [2.75, 3.05) is 5.75 Å². The molecule has 0 saturated carbocycles. The van der Waals surface area contributed by atoms with E-state index in [1.165, 1.54) is 11.1 Å². The van der Waals surface area contributed by atoms with Gasteiger partial charge in [0.05, 0.1) is 5.75 Å². The molecule has 1 aromatic carbocycles. The fourth-order valence-corrected chi connectivity index (χ4v) is 2.42. The summed E-state index contributed by atoms with van der Waals surface area (Å²) < 4.78 is 0. The zero-order chi connectivity index (χ0) is 12.2. The molecule has 2 heteroatoms. The molecular formula is C14H20OS. The second-order valence-corrected chi connectivity index (χ2v) is 6.14. The quantitative estimate of drug-likeness (QED) is 0.790. The molecule has 1 aromatic rings. The third kappa shape index (κ3) is 4.40. The summed E-state index contributed by atoms with van der Waals surface area (Å²) in [6, 6.07) is 8.45. The number of ketones is 1. The number of carbonyl (C=O) groups excluding carboxylic acids is 1. The lowest BCUT2D eigenvalue weighted by molar-refractivity contribution is -0.123. The van der Waals surface area contributed by atoms with Gasteiger partial charge in [-0.15, -0.1) is 11.8 Å². The second kappa shape index (κ2) is 5.53. The molecule has 1 nitrogen and oxygen atoms in total. The number of carbonyl (C=O) groups is 1. The maximum absolute atomic E-state index is 11.7. The summed E-state index contributed by atoms with van der Waals surface area (Å²) in [7, 11) is 0. The molecule has 0 aromatic heterocycles. The Balaban J connectivity index is 2.39. The summed E-state index contributed by atoms with van der Waals surface area (Å²) in [5.74, 6) is 1.85. The lowest BCUT2D eigenvalue weighted by Gasteiger charge is -2.15. The van der Waals surface area contributed by atoms with Crippen LogP contribution in [-0.4, -0.2) is 11.5 Å². The summed E-state index contributed by atoms with van der Waals surface area (Å²) in [5, 5.41) is 0. The van der Waals surface area contributed by atoms with Crippen LogP contribution >= 0.6 is 11.8 Å². The maximum Gasteiger partial charge on any atom is 0.148 e. The molecule has 0 atom stereocenters. The summed E-state index contributed by atoms with van der Waals surface area (Å²) in [6.07, 6.45) is 0. The van der Waals surface area contributed by atoms with Crippen molar-refractivity contribution in [1.29, 1.82) is 0 Å². The highest BCUT2D eigenvalue weighted by atomic mass is 32.2. The van der Waals surface area contributed by atoms with Gasteiger partial charge in [0.2, 0.25) is 0 Å². The molecule has 0 spiro atoms. The Bertz CT molecular complexity index is 363. The Kier molecular flexibility index (Phi) is 4.60. The monoisotopic (exact) mass is 236 g/mol. The smallest absolute Gasteiger partial charge is 0.148 e. The van der Waals surface area contributed by atoms with Crippen molar-refractivity contribution in [3.63, 3.8) is 0 Å². The molecule has 0 aliphatic heterocycles. The van der Waals surface area contributed by atoms with E-state index < -0.39 is 0 Å². The van der Waals surface area contributed by atoms with Crippen LogP contribution in [0.5, 0.6) is 0 Å². The van der Waals surface area contributed by atoms with Gasteiger partial charge in [-0.05, 0) is 12.5 Å². The number of hydrogen-bond acceptors (Lipinski definition) is 2. The molecule has 0 N–H and O–H groups in total. The molecule has 0 amide bonds. The highest BCUT2D eigenvalue weighted by Gasteiger charge is 2.20. The van der Waals surface area contributed by atoms with Crippen LogP contribution in [0.25, 0.3) is 0 Å². The molecule has 0 aliphatic carbocycles. The first kappa shape index (κ1) is 13.3. The van der Waals surface area contributed by atoms with Crippen molar-refractivity contribution in [3.05, 3.63) is 35.4 Å². The first-order chi connectivity index (χ1) is 7.39. The lowest BCUT2D eigenvalue weighted by Crippen LogP contribution is -2.22. The third-order valence-corrected chi connectivity index (χ3v) is 3.42. The Labute approximate surface area is 103 Å². The minimum absolute atomic E-state index is 0.209. The predicted octanol–water partition coefficient (Wildman–Crippen LogP) is 3.84. The largest absolute Gasteiger partial charge is 0.298 e. The summed E-state index contributed by atoms with van der Waals surface area (Å²) in [6.45, 7) is 8.02. The van der Waals surface area contributed by atoms with Crippen molar-refractivity contribution in [3.8, 4) is 0 Å².